The first kappa shape index (κ1) is 8.54. The SMILES string of the molecule is CCC1(Cl)CNC1.Cl. The summed E-state index contributed by atoms with van der Waals surface area (Å²) in [6, 6.07) is 0. The number of hydrogen-bond acceptors (Lipinski definition) is 1. The summed E-state index contributed by atoms with van der Waals surface area (Å²) in [4.78, 5) is 0.125. The van der Waals surface area contributed by atoms with E-state index in [1.165, 1.54) is 0 Å². The van der Waals surface area contributed by atoms with Crippen molar-refractivity contribution in [3.8, 4) is 0 Å². The van der Waals surface area contributed by atoms with Crippen LogP contribution in [0.3, 0.4) is 0 Å². The third-order valence-corrected chi connectivity index (χ3v) is 2.05. The maximum Gasteiger partial charge on any atom is 0.0692 e. The van der Waals surface area contributed by atoms with E-state index in [1.807, 2.05) is 0 Å². The molecular formula is C5H11Cl2N. The molecule has 50 valence electrons. The van der Waals surface area contributed by atoms with Gasteiger partial charge in [0, 0.05) is 13.1 Å². The van der Waals surface area contributed by atoms with Gasteiger partial charge in [0.1, 0.15) is 0 Å². The molecule has 1 saturated heterocycles. The zero-order valence-electron chi connectivity index (χ0n) is 4.91. The Kier molecular flexibility index (Phi) is 3.10. The van der Waals surface area contributed by atoms with Crippen molar-refractivity contribution in [2.75, 3.05) is 13.1 Å². The Labute approximate surface area is 61.2 Å². The summed E-state index contributed by atoms with van der Waals surface area (Å²) in [5.41, 5.74) is 0. The lowest BCUT2D eigenvalue weighted by molar-refractivity contribution is 0.373. The van der Waals surface area contributed by atoms with Crippen molar-refractivity contribution in [3.05, 3.63) is 0 Å². The minimum atomic E-state index is 0. The van der Waals surface area contributed by atoms with Crippen LogP contribution in [0.25, 0.3) is 0 Å². The van der Waals surface area contributed by atoms with Crippen LogP contribution in [0.2, 0.25) is 0 Å². The van der Waals surface area contributed by atoms with Crippen molar-refractivity contribution in [1.29, 1.82) is 0 Å². The first-order chi connectivity index (χ1) is 3.27. The Bertz CT molecular complexity index is 65.3. The van der Waals surface area contributed by atoms with E-state index in [4.69, 9.17) is 11.6 Å². The molecule has 1 aliphatic rings. The van der Waals surface area contributed by atoms with Gasteiger partial charge in [-0.15, -0.1) is 24.0 Å². The summed E-state index contributed by atoms with van der Waals surface area (Å²) in [5.74, 6) is 0. The monoisotopic (exact) mass is 155 g/mol. The molecule has 1 rings (SSSR count). The van der Waals surface area contributed by atoms with Crippen LogP contribution in [0.5, 0.6) is 0 Å². The van der Waals surface area contributed by atoms with Crippen LogP contribution in [0.15, 0.2) is 0 Å². The molecule has 1 aliphatic heterocycles. The minimum Gasteiger partial charge on any atom is -0.313 e. The van der Waals surface area contributed by atoms with Gasteiger partial charge in [-0.1, -0.05) is 6.92 Å². The zero-order valence-corrected chi connectivity index (χ0v) is 6.48. The second-order valence-corrected chi connectivity index (χ2v) is 2.91. The molecule has 0 saturated carbocycles. The number of nitrogens with one attached hydrogen (secondary N) is 1. The van der Waals surface area contributed by atoms with Gasteiger partial charge in [0.25, 0.3) is 0 Å². The molecule has 0 amide bonds. The first-order valence-corrected chi connectivity index (χ1v) is 3.04. The molecule has 3 heteroatoms. The molecule has 0 aromatic heterocycles. The van der Waals surface area contributed by atoms with E-state index in [1.54, 1.807) is 0 Å². The fourth-order valence-electron chi connectivity index (χ4n) is 0.646. The lowest BCUT2D eigenvalue weighted by Gasteiger charge is -2.35. The molecule has 0 radical (unpaired) electrons. The van der Waals surface area contributed by atoms with Crippen LogP contribution >= 0.6 is 24.0 Å². The summed E-state index contributed by atoms with van der Waals surface area (Å²) in [7, 11) is 0. The summed E-state index contributed by atoms with van der Waals surface area (Å²) >= 11 is 5.93. The van der Waals surface area contributed by atoms with Gasteiger partial charge in [0.2, 0.25) is 0 Å². The van der Waals surface area contributed by atoms with Crippen molar-refractivity contribution in [2.24, 2.45) is 0 Å². The molecule has 0 spiro atoms. The Balaban J connectivity index is 0.000000490. The second-order valence-electron chi connectivity index (χ2n) is 2.11. The summed E-state index contributed by atoms with van der Waals surface area (Å²) in [6.45, 7) is 4.10. The van der Waals surface area contributed by atoms with Gasteiger partial charge in [-0.05, 0) is 6.42 Å². The molecule has 0 unspecified atom stereocenters. The van der Waals surface area contributed by atoms with Crippen molar-refractivity contribution in [2.45, 2.75) is 18.2 Å². The van der Waals surface area contributed by atoms with Gasteiger partial charge < -0.3 is 5.32 Å². The van der Waals surface area contributed by atoms with Crippen molar-refractivity contribution < 1.29 is 0 Å². The summed E-state index contributed by atoms with van der Waals surface area (Å²) < 4.78 is 0. The van der Waals surface area contributed by atoms with Crippen LogP contribution in [-0.4, -0.2) is 18.0 Å². The van der Waals surface area contributed by atoms with Crippen LogP contribution < -0.4 is 5.32 Å². The van der Waals surface area contributed by atoms with Gasteiger partial charge in [-0.2, -0.15) is 0 Å². The van der Waals surface area contributed by atoms with Crippen molar-refractivity contribution >= 4 is 24.0 Å². The van der Waals surface area contributed by atoms with Crippen LogP contribution in [-0.2, 0) is 0 Å². The first-order valence-electron chi connectivity index (χ1n) is 2.66. The fourth-order valence-corrected chi connectivity index (χ4v) is 0.835. The van der Waals surface area contributed by atoms with E-state index < -0.39 is 0 Å². The predicted molar refractivity (Wildman–Crippen MR) is 39.0 cm³/mol. The van der Waals surface area contributed by atoms with E-state index >= 15 is 0 Å². The van der Waals surface area contributed by atoms with E-state index in [9.17, 15) is 0 Å². The lowest BCUT2D eigenvalue weighted by Crippen LogP contribution is -2.54. The van der Waals surface area contributed by atoms with Gasteiger partial charge in [-0.3, -0.25) is 0 Å². The molecule has 0 aromatic carbocycles. The Morgan fingerprint density at radius 3 is 2.12 bits per heavy atom. The molecule has 1 N–H and O–H groups in total. The van der Waals surface area contributed by atoms with E-state index in [0.717, 1.165) is 19.5 Å². The molecular weight excluding hydrogens is 145 g/mol. The molecule has 0 aliphatic carbocycles. The molecule has 0 aromatic rings. The van der Waals surface area contributed by atoms with E-state index in [0.29, 0.717) is 0 Å². The fraction of sp³-hybridized carbons (Fsp3) is 1.00. The van der Waals surface area contributed by atoms with Crippen LogP contribution in [0.4, 0.5) is 0 Å². The summed E-state index contributed by atoms with van der Waals surface area (Å²) in [5, 5.41) is 3.12. The normalized spacial score (nSPS) is 23.2. The third-order valence-electron chi connectivity index (χ3n) is 1.52. The van der Waals surface area contributed by atoms with Gasteiger partial charge in [0.15, 0.2) is 0 Å². The summed E-state index contributed by atoms with van der Waals surface area (Å²) in [6.07, 6.45) is 1.08. The molecule has 1 nitrogen and oxygen atoms in total. The highest BCUT2D eigenvalue weighted by molar-refractivity contribution is 6.24. The largest absolute Gasteiger partial charge is 0.313 e. The Morgan fingerprint density at radius 2 is 2.12 bits per heavy atom. The standard InChI is InChI=1S/C5H10ClN.ClH/c1-2-5(6)3-7-4-5;/h7H,2-4H2,1H3;1H. The Hall–Kier alpha value is 0.540. The number of rotatable bonds is 1. The molecule has 8 heavy (non-hydrogen) atoms. The minimum absolute atomic E-state index is 0. The maximum atomic E-state index is 5.93. The number of alkyl halides is 1. The van der Waals surface area contributed by atoms with E-state index in [-0.39, 0.29) is 17.3 Å². The molecule has 0 bridgehead atoms. The third kappa shape index (κ3) is 1.51. The average Bonchev–Trinajstić information content (AvgIpc) is 1.61. The topological polar surface area (TPSA) is 12.0 Å². The van der Waals surface area contributed by atoms with Crippen LogP contribution in [0, 0.1) is 0 Å². The van der Waals surface area contributed by atoms with Crippen molar-refractivity contribution in [1.82, 2.24) is 5.32 Å². The predicted octanol–water partition coefficient (Wildman–Crippen LogP) is 1.40. The van der Waals surface area contributed by atoms with Crippen molar-refractivity contribution in [3.63, 3.8) is 0 Å². The molecule has 0 atom stereocenters. The van der Waals surface area contributed by atoms with Gasteiger partial charge >= 0.3 is 0 Å². The average molecular weight is 156 g/mol. The number of halogens is 2. The smallest absolute Gasteiger partial charge is 0.0692 e. The highest BCUT2D eigenvalue weighted by atomic mass is 35.5. The van der Waals surface area contributed by atoms with Gasteiger partial charge in [-0.25, -0.2) is 0 Å². The Morgan fingerprint density at radius 1 is 1.62 bits per heavy atom. The highest BCUT2D eigenvalue weighted by Gasteiger charge is 2.31. The number of hydrogen-bond donors (Lipinski definition) is 1. The zero-order chi connectivity index (χ0) is 5.33. The molecule has 1 fully saturated rings. The molecule has 1 heterocycles. The van der Waals surface area contributed by atoms with Gasteiger partial charge in [0.05, 0.1) is 4.87 Å². The van der Waals surface area contributed by atoms with Crippen LogP contribution in [0.1, 0.15) is 13.3 Å². The lowest BCUT2D eigenvalue weighted by atomic mass is 10.00. The highest BCUT2D eigenvalue weighted by Crippen LogP contribution is 2.22. The second kappa shape index (κ2) is 2.90. The van der Waals surface area contributed by atoms with E-state index in [2.05, 4.69) is 12.2 Å². The quantitative estimate of drug-likeness (QED) is 0.566. The maximum absolute atomic E-state index is 5.93.